The van der Waals surface area contributed by atoms with Crippen LogP contribution in [0.4, 0.5) is 8.78 Å². The van der Waals surface area contributed by atoms with Gasteiger partial charge in [0.2, 0.25) is 0 Å². The molecule has 0 spiro atoms. The van der Waals surface area contributed by atoms with Crippen molar-refractivity contribution in [1.82, 2.24) is 0 Å². The van der Waals surface area contributed by atoms with Crippen LogP contribution in [0.15, 0.2) is 60.7 Å². The zero-order chi connectivity index (χ0) is 12.3. The van der Waals surface area contributed by atoms with E-state index in [1.54, 1.807) is 55.5 Å². The molecule has 2 aromatic carbocycles. The van der Waals surface area contributed by atoms with Crippen LogP contribution in [0, 0.1) is 0 Å². The van der Waals surface area contributed by atoms with E-state index >= 15 is 0 Å². The highest BCUT2D eigenvalue weighted by atomic mass is 19.3. The molecule has 2 heteroatoms. The maximum Gasteiger partial charge on any atom is 0.251 e. The van der Waals surface area contributed by atoms with Crippen LogP contribution < -0.4 is 0 Å². The van der Waals surface area contributed by atoms with Crippen LogP contribution in [0.5, 0.6) is 0 Å². The van der Waals surface area contributed by atoms with Gasteiger partial charge in [-0.2, -0.15) is 0 Å². The first kappa shape index (κ1) is 11.8. The van der Waals surface area contributed by atoms with Crippen molar-refractivity contribution in [3.8, 4) is 0 Å². The molecule has 0 aliphatic rings. The molecule has 0 radical (unpaired) electrons. The highest BCUT2D eigenvalue weighted by molar-refractivity contribution is 5.39. The third-order valence-electron chi connectivity index (χ3n) is 3.18. The largest absolute Gasteiger partial charge is 0.251 e. The van der Waals surface area contributed by atoms with Crippen LogP contribution >= 0.6 is 0 Å². The molecule has 0 nitrogen and oxygen atoms in total. The van der Waals surface area contributed by atoms with Gasteiger partial charge < -0.3 is 0 Å². The summed E-state index contributed by atoms with van der Waals surface area (Å²) in [6.07, 6.45) is -2.44. The molecule has 0 amide bonds. The van der Waals surface area contributed by atoms with Gasteiger partial charge >= 0.3 is 0 Å². The third-order valence-corrected chi connectivity index (χ3v) is 3.18. The predicted octanol–water partition coefficient (Wildman–Crippen LogP) is 4.26. The molecule has 0 bridgehead atoms. The monoisotopic (exact) mass is 232 g/mol. The van der Waals surface area contributed by atoms with Crippen LogP contribution in [0.1, 0.15) is 18.1 Å². The Morgan fingerprint density at radius 1 is 0.765 bits per heavy atom. The van der Waals surface area contributed by atoms with Gasteiger partial charge in [-0.05, 0) is 18.1 Å². The minimum absolute atomic E-state index is 0.640. The quantitative estimate of drug-likeness (QED) is 0.741. The maximum absolute atomic E-state index is 13.5. The van der Waals surface area contributed by atoms with Crippen molar-refractivity contribution in [3.05, 3.63) is 71.8 Å². The van der Waals surface area contributed by atoms with E-state index in [0.717, 1.165) is 0 Å². The zero-order valence-electron chi connectivity index (χ0n) is 9.61. The molecule has 0 saturated heterocycles. The minimum Gasteiger partial charge on any atom is -0.209 e. The predicted molar refractivity (Wildman–Crippen MR) is 65.3 cm³/mol. The van der Waals surface area contributed by atoms with E-state index in [-0.39, 0.29) is 0 Å². The summed E-state index contributed by atoms with van der Waals surface area (Å²) >= 11 is 0. The van der Waals surface area contributed by atoms with Gasteiger partial charge in [-0.3, -0.25) is 0 Å². The summed E-state index contributed by atoms with van der Waals surface area (Å²) in [6, 6.07) is 17.8. The molecule has 2 aromatic rings. The second kappa shape index (κ2) is 4.66. The lowest BCUT2D eigenvalue weighted by Gasteiger charge is -2.30. The fraction of sp³-hybridized carbons (Fsp3) is 0.200. The van der Waals surface area contributed by atoms with Gasteiger partial charge in [0.15, 0.2) is 0 Å². The Bertz CT molecular complexity index is 423. The molecule has 0 unspecified atom stereocenters. The number of rotatable bonds is 3. The molecule has 0 aliphatic heterocycles. The molecular formula is C15H14F2. The zero-order valence-corrected chi connectivity index (χ0v) is 9.61. The Balaban J connectivity index is 2.55. The second-order valence-corrected chi connectivity index (χ2v) is 4.24. The van der Waals surface area contributed by atoms with Crippen molar-refractivity contribution in [2.24, 2.45) is 0 Å². The van der Waals surface area contributed by atoms with E-state index in [1.165, 1.54) is 0 Å². The van der Waals surface area contributed by atoms with Crippen molar-refractivity contribution in [2.45, 2.75) is 18.8 Å². The maximum atomic E-state index is 13.5. The summed E-state index contributed by atoms with van der Waals surface area (Å²) < 4.78 is 26.9. The third kappa shape index (κ3) is 2.07. The van der Waals surface area contributed by atoms with Crippen LogP contribution in [0.25, 0.3) is 0 Å². The first-order valence-corrected chi connectivity index (χ1v) is 5.55. The molecule has 0 aliphatic carbocycles. The van der Waals surface area contributed by atoms with E-state index in [0.29, 0.717) is 11.1 Å². The van der Waals surface area contributed by atoms with Crippen molar-refractivity contribution >= 4 is 0 Å². The van der Waals surface area contributed by atoms with Crippen molar-refractivity contribution in [1.29, 1.82) is 0 Å². The van der Waals surface area contributed by atoms with Gasteiger partial charge in [0.05, 0.1) is 5.41 Å². The Hall–Kier alpha value is -1.70. The van der Waals surface area contributed by atoms with E-state index in [9.17, 15) is 8.78 Å². The highest BCUT2D eigenvalue weighted by Gasteiger charge is 2.38. The first-order valence-electron chi connectivity index (χ1n) is 5.55. The summed E-state index contributed by atoms with van der Waals surface area (Å²) in [4.78, 5) is 0. The topological polar surface area (TPSA) is 0 Å². The lowest BCUT2D eigenvalue weighted by atomic mass is 9.76. The highest BCUT2D eigenvalue weighted by Crippen LogP contribution is 2.37. The summed E-state index contributed by atoms with van der Waals surface area (Å²) in [7, 11) is 0. The Morgan fingerprint density at radius 3 is 1.41 bits per heavy atom. The van der Waals surface area contributed by atoms with E-state index in [2.05, 4.69) is 0 Å². The Morgan fingerprint density at radius 2 is 1.12 bits per heavy atom. The summed E-state index contributed by atoms with van der Waals surface area (Å²) in [5.74, 6) is 0. The number of alkyl halides is 2. The van der Waals surface area contributed by atoms with E-state index in [4.69, 9.17) is 0 Å². The van der Waals surface area contributed by atoms with Crippen molar-refractivity contribution < 1.29 is 8.78 Å². The molecule has 2 rings (SSSR count). The molecule has 0 heterocycles. The van der Waals surface area contributed by atoms with Gasteiger partial charge in [0.1, 0.15) is 0 Å². The molecule has 88 valence electrons. The first-order chi connectivity index (χ1) is 8.15. The van der Waals surface area contributed by atoms with Gasteiger partial charge in [-0.15, -0.1) is 0 Å². The molecule has 0 aromatic heterocycles. The number of halogens is 2. The lowest BCUT2D eigenvalue weighted by Crippen LogP contribution is -2.32. The van der Waals surface area contributed by atoms with Crippen LogP contribution in [-0.2, 0) is 5.41 Å². The van der Waals surface area contributed by atoms with Gasteiger partial charge in [0.25, 0.3) is 6.43 Å². The van der Waals surface area contributed by atoms with E-state index in [1.807, 2.05) is 12.1 Å². The summed E-state index contributed by atoms with van der Waals surface area (Å²) in [5, 5.41) is 0. The van der Waals surface area contributed by atoms with E-state index < -0.39 is 11.8 Å². The number of benzene rings is 2. The van der Waals surface area contributed by atoms with Crippen LogP contribution in [0.2, 0.25) is 0 Å². The SMILES string of the molecule is CC(c1ccccc1)(c1ccccc1)C(F)F. The Labute approximate surface area is 99.9 Å². The van der Waals surface area contributed by atoms with Gasteiger partial charge in [-0.25, -0.2) is 8.78 Å². The fourth-order valence-corrected chi connectivity index (χ4v) is 1.99. The molecule has 17 heavy (non-hydrogen) atoms. The van der Waals surface area contributed by atoms with Gasteiger partial charge in [-0.1, -0.05) is 60.7 Å². The Kier molecular flexibility index (Phi) is 3.23. The standard InChI is InChI=1S/C15H14F2/c1-15(14(16)17,12-8-4-2-5-9-12)13-10-6-3-7-11-13/h2-11,14H,1H3. The number of hydrogen-bond acceptors (Lipinski definition) is 0. The lowest BCUT2D eigenvalue weighted by molar-refractivity contribution is 0.0807. The molecule has 0 atom stereocenters. The average Bonchev–Trinajstić information content (AvgIpc) is 2.39. The molecule has 0 saturated carbocycles. The average molecular weight is 232 g/mol. The normalized spacial score (nSPS) is 11.8. The molecule has 0 fully saturated rings. The van der Waals surface area contributed by atoms with Crippen molar-refractivity contribution in [3.63, 3.8) is 0 Å². The van der Waals surface area contributed by atoms with Crippen LogP contribution in [-0.4, -0.2) is 6.43 Å². The second-order valence-electron chi connectivity index (χ2n) is 4.24. The van der Waals surface area contributed by atoms with Gasteiger partial charge in [0, 0.05) is 0 Å². The minimum atomic E-state index is -2.44. The number of hydrogen-bond donors (Lipinski definition) is 0. The fourth-order valence-electron chi connectivity index (χ4n) is 1.99. The summed E-state index contributed by atoms with van der Waals surface area (Å²) in [6.45, 7) is 1.59. The molecular weight excluding hydrogens is 218 g/mol. The smallest absolute Gasteiger partial charge is 0.209 e. The van der Waals surface area contributed by atoms with Crippen LogP contribution in [0.3, 0.4) is 0 Å². The summed E-state index contributed by atoms with van der Waals surface area (Å²) in [5.41, 5.74) is 0.0325. The van der Waals surface area contributed by atoms with Crippen molar-refractivity contribution in [2.75, 3.05) is 0 Å². The molecule has 0 N–H and O–H groups in total.